The van der Waals surface area contributed by atoms with E-state index in [9.17, 15) is 9.59 Å². The SMILES string of the molecule is NC[C@H]1CCC[C@H]1C(=O)N1CCN(C(=O)c2cc(Cl)cc(Cl)c2)CC1. The zero-order valence-electron chi connectivity index (χ0n) is 14.1. The summed E-state index contributed by atoms with van der Waals surface area (Å²) in [5, 5.41) is 0.887. The van der Waals surface area contributed by atoms with Gasteiger partial charge in [-0.05, 0) is 43.5 Å². The number of hydrogen-bond acceptors (Lipinski definition) is 3. The topological polar surface area (TPSA) is 66.6 Å². The Morgan fingerprint density at radius 1 is 1.00 bits per heavy atom. The van der Waals surface area contributed by atoms with E-state index in [-0.39, 0.29) is 17.7 Å². The van der Waals surface area contributed by atoms with E-state index in [0.717, 1.165) is 19.3 Å². The summed E-state index contributed by atoms with van der Waals surface area (Å²) < 4.78 is 0. The van der Waals surface area contributed by atoms with Crippen LogP contribution in [0.1, 0.15) is 29.6 Å². The smallest absolute Gasteiger partial charge is 0.254 e. The molecule has 1 aliphatic heterocycles. The van der Waals surface area contributed by atoms with Gasteiger partial charge in [0.2, 0.25) is 5.91 Å². The molecule has 136 valence electrons. The average Bonchev–Trinajstić information content (AvgIpc) is 3.08. The molecule has 1 saturated carbocycles. The molecule has 2 atom stereocenters. The Kier molecular flexibility index (Phi) is 5.87. The lowest BCUT2D eigenvalue weighted by atomic mass is 9.94. The maximum Gasteiger partial charge on any atom is 0.254 e. The second kappa shape index (κ2) is 7.94. The van der Waals surface area contributed by atoms with Crippen LogP contribution < -0.4 is 5.73 Å². The van der Waals surface area contributed by atoms with Gasteiger partial charge < -0.3 is 15.5 Å². The van der Waals surface area contributed by atoms with Crippen molar-refractivity contribution in [2.45, 2.75) is 19.3 Å². The molecule has 5 nitrogen and oxygen atoms in total. The van der Waals surface area contributed by atoms with E-state index in [1.165, 1.54) is 0 Å². The van der Waals surface area contributed by atoms with Gasteiger partial charge in [-0.3, -0.25) is 9.59 Å². The second-order valence-corrected chi connectivity index (χ2v) is 7.68. The van der Waals surface area contributed by atoms with E-state index < -0.39 is 0 Å². The summed E-state index contributed by atoms with van der Waals surface area (Å²) >= 11 is 12.0. The number of nitrogens with zero attached hydrogens (tertiary/aromatic N) is 2. The lowest BCUT2D eigenvalue weighted by molar-refractivity contribution is -0.138. The van der Waals surface area contributed by atoms with Crippen LogP contribution in [0.4, 0.5) is 0 Å². The van der Waals surface area contributed by atoms with Crippen LogP contribution in [-0.4, -0.2) is 54.3 Å². The fraction of sp³-hybridized carbons (Fsp3) is 0.556. The van der Waals surface area contributed by atoms with Gasteiger partial charge in [0.05, 0.1) is 0 Å². The first-order chi connectivity index (χ1) is 12.0. The summed E-state index contributed by atoms with van der Waals surface area (Å²) in [5.74, 6) is 0.461. The number of carbonyl (C=O) groups excluding carboxylic acids is 2. The Morgan fingerprint density at radius 2 is 1.60 bits per heavy atom. The molecule has 1 saturated heterocycles. The molecule has 7 heteroatoms. The van der Waals surface area contributed by atoms with Gasteiger partial charge in [-0.15, -0.1) is 0 Å². The Balaban J connectivity index is 1.59. The number of amides is 2. The third-order valence-electron chi connectivity index (χ3n) is 5.27. The molecular weight excluding hydrogens is 361 g/mol. The van der Waals surface area contributed by atoms with Crippen molar-refractivity contribution in [3.8, 4) is 0 Å². The molecule has 0 unspecified atom stereocenters. The van der Waals surface area contributed by atoms with Crippen molar-refractivity contribution in [1.82, 2.24) is 9.80 Å². The Bertz CT molecular complexity index is 639. The summed E-state index contributed by atoms with van der Waals surface area (Å²) in [5.41, 5.74) is 6.28. The Hall–Kier alpha value is -1.30. The predicted octanol–water partition coefficient (Wildman–Crippen LogP) is 2.65. The molecule has 2 aliphatic rings. The number of halogens is 2. The Labute approximate surface area is 158 Å². The molecule has 3 rings (SSSR count). The van der Waals surface area contributed by atoms with Crippen LogP contribution in [0.2, 0.25) is 10.0 Å². The fourth-order valence-corrected chi connectivity index (χ4v) is 4.39. The number of benzene rings is 1. The lowest BCUT2D eigenvalue weighted by Crippen LogP contribution is -2.52. The molecule has 0 aromatic heterocycles. The summed E-state index contributed by atoms with van der Waals surface area (Å²) in [7, 11) is 0. The number of rotatable bonds is 3. The molecule has 0 bridgehead atoms. The Morgan fingerprint density at radius 3 is 2.20 bits per heavy atom. The third-order valence-corrected chi connectivity index (χ3v) is 5.70. The minimum absolute atomic E-state index is 0.0546. The van der Waals surface area contributed by atoms with E-state index in [1.807, 2.05) is 4.90 Å². The molecule has 2 fully saturated rings. The number of piperazine rings is 1. The second-order valence-electron chi connectivity index (χ2n) is 6.81. The number of hydrogen-bond donors (Lipinski definition) is 1. The normalized spacial score (nSPS) is 23.8. The van der Waals surface area contributed by atoms with E-state index in [4.69, 9.17) is 28.9 Å². The van der Waals surface area contributed by atoms with Gasteiger partial charge in [-0.2, -0.15) is 0 Å². The monoisotopic (exact) mass is 383 g/mol. The number of carbonyl (C=O) groups is 2. The molecule has 1 aliphatic carbocycles. The zero-order chi connectivity index (χ0) is 18.0. The highest BCUT2D eigenvalue weighted by molar-refractivity contribution is 6.35. The van der Waals surface area contributed by atoms with Gasteiger partial charge in [-0.25, -0.2) is 0 Å². The minimum atomic E-state index is -0.0998. The van der Waals surface area contributed by atoms with E-state index in [0.29, 0.717) is 54.3 Å². The van der Waals surface area contributed by atoms with Crippen LogP contribution in [0.15, 0.2) is 18.2 Å². The molecule has 2 amide bonds. The average molecular weight is 384 g/mol. The molecule has 25 heavy (non-hydrogen) atoms. The van der Waals surface area contributed by atoms with Crippen molar-refractivity contribution >= 4 is 35.0 Å². The van der Waals surface area contributed by atoms with E-state index in [1.54, 1.807) is 23.1 Å². The summed E-state index contributed by atoms with van der Waals surface area (Å²) in [4.78, 5) is 29.0. The van der Waals surface area contributed by atoms with Crippen molar-refractivity contribution in [2.75, 3.05) is 32.7 Å². The fourth-order valence-electron chi connectivity index (χ4n) is 3.87. The first-order valence-corrected chi connectivity index (χ1v) is 9.49. The van der Waals surface area contributed by atoms with Crippen LogP contribution in [0.5, 0.6) is 0 Å². The van der Waals surface area contributed by atoms with Gasteiger partial charge in [0.15, 0.2) is 0 Å². The first kappa shape index (κ1) is 18.5. The third kappa shape index (κ3) is 4.10. The molecule has 1 heterocycles. The maximum atomic E-state index is 12.7. The van der Waals surface area contributed by atoms with Crippen LogP contribution in [-0.2, 0) is 4.79 Å². The zero-order valence-corrected chi connectivity index (χ0v) is 15.6. The predicted molar refractivity (Wildman–Crippen MR) is 98.8 cm³/mol. The molecule has 1 aromatic rings. The summed E-state index contributed by atoms with van der Waals surface area (Å²) in [6.07, 6.45) is 3.05. The summed E-state index contributed by atoms with van der Waals surface area (Å²) in [6.45, 7) is 2.74. The highest BCUT2D eigenvalue weighted by Crippen LogP contribution is 2.32. The van der Waals surface area contributed by atoms with Gasteiger partial charge in [0.25, 0.3) is 5.91 Å². The molecular formula is C18H23Cl2N3O2. The van der Waals surface area contributed by atoms with E-state index >= 15 is 0 Å². The molecule has 1 aromatic carbocycles. The first-order valence-electron chi connectivity index (χ1n) is 8.74. The van der Waals surface area contributed by atoms with Gasteiger partial charge >= 0.3 is 0 Å². The highest BCUT2D eigenvalue weighted by Gasteiger charge is 2.36. The van der Waals surface area contributed by atoms with Crippen LogP contribution in [0, 0.1) is 11.8 Å². The van der Waals surface area contributed by atoms with Gasteiger partial charge in [-0.1, -0.05) is 29.6 Å². The van der Waals surface area contributed by atoms with Crippen LogP contribution >= 0.6 is 23.2 Å². The van der Waals surface area contributed by atoms with Crippen molar-refractivity contribution in [3.63, 3.8) is 0 Å². The maximum absolute atomic E-state index is 12.7. The van der Waals surface area contributed by atoms with E-state index in [2.05, 4.69) is 0 Å². The lowest BCUT2D eigenvalue weighted by Gasteiger charge is -2.36. The van der Waals surface area contributed by atoms with Crippen molar-refractivity contribution in [3.05, 3.63) is 33.8 Å². The molecule has 2 N–H and O–H groups in total. The molecule has 0 spiro atoms. The van der Waals surface area contributed by atoms with Crippen molar-refractivity contribution in [2.24, 2.45) is 17.6 Å². The highest BCUT2D eigenvalue weighted by atomic mass is 35.5. The van der Waals surface area contributed by atoms with Gasteiger partial charge in [0, 0.05) is 47.7 Å². The standard InChI is InChI=1S/C18H23Cl2N3O2/c19-14-8-13(9-15(20)10-14)17(24)22-4-6-23(7-5-22)18(25)16-3-1-2-12(16)11-21/h8-10,12,16H,1-7,11,21H2/t12-,16-/m1/s1. The summed E-state index contributed by atoms with van der Waals surface area (Å²) in [6, 6.07) is 4.85. The van der Waals surface area contributed by atoms with Crippen LogP contribution in [0.25, 0.3) is 0 Å². The molecule has 0 radical (unpaired) electrons. The number of nitrogens with two attached hydrogens (primary N) is 1. The largest absolute Gasteiger partial charge is 0.339 e. The van der Waals surface area contributed by atoms with Gasteiger partial charge in [0.1, 0.15) is 0 Å². The minimum Gasteiger partial charge on any atom is -0.339 e. The van der Waals surface area contributed by atoms with Crippen LogP contribution in [0.3, 0.4) is 0 Å². The van der Waals surface area contributed by atoms with Crippen molar-refractivity contribution < 1.29 is 9.59 Å². The quantitative estimate of drug-likeness (QED) is 0.872. The van der Waals surface area contributed by atoms with Crippen molar-refractivity contribution in [1.29, 1.82) is 0 Å².